The summed E-state index contributed by atoms with van der Waals surface area (Å²) in [6.07, 6.45) is 2.64. The van der Waals surface area contributed by atoms with Crippen LogP contribution in [0.3, 0.4) is 0 Å². The molecular weight excluding hydrogens is 330 g/mol. The van der Waals surface area contributed by atoms with Gasteiger partial charge in [0.25, 0.3) is 0 Å². The Bertz CT molecular complexity index is 716. The number of piperidine rings is 1. The molecule has 0 spiro atoms. The average molecular weight is 360 g/mol. The van der Waals surface area contributed by atoms with Crippen LogP contribution in [0.2, 0.25) is 0 Å². The summed E-state index contributed by atoms with van der Waals surface area (Å²) in [6, 6.07) is 8.06. The lowest BCUT2D eigenvalue weighted by molar-refractivity contribution is -0.123. The molecule has 0 bridgehead atoms. The molecule has 1 aromatic heterocycles. The van der Waals surface area contributed by atoms with Crippen LogP contribution in [0.4, 0.5) is 0 Å². The number of nitrogens with zero attached hydrogens (tertiary/aromatic N) is 1. The molecule has 0 saturated carbocycles. The van der Waals surface area contributed by atoms with Gasteiger partial charge in [-0.2, -0.15) is 0 Å². The first-order valence-corrected chi connectivity index (χ1v) is 9.89. The lowest BCUT2D eigenvalue weighted by Gasteiger charge is -2.46. The standard InChI is InChI=1S/C20H29N3OS/c1-13(18-22-15-8-6-7-9-16(15)25-18)21-17(24)10-14-11-19(2,3)23-20(4,5)12-14/h6-9,13-14,23H,10-12H2,1-5H3,(H,21,24). The van der Waals surface area contributed by atoms with Crippen LogP contribution in [0.5, 0.6) is 0 Å². The smallest absolute Gasteiger partial charge is 0.220 e. The normalized spacial score (nSPS) is 21.2. The number of aromatic nitrogens is 1. The predicted octanol–water partition coefficient (Wildman–Crippen LogP) is 4.42. The number of hydrogen-bond donors (Lipinski definition) is 2. The highest BCUT2D eigenvalue weighted by atomic mass is 32.1. The van der Waals surface area contributed by atoms with Crippen molar-refractivity contribution < 1.29 is 4.79 Å². The number of amides is 1. The highest BCUT2D eigenvalue weighted by Crippen LogP contribution is 2.35. The van der Waals surface area contributed by atoms with Gasteiger partial charge >= 0.3 is 0 Å². The van der Waals surface area contributed by atoms with Crippen LogP contribution in [-0.2, 0) is 4.79 Å². The molecule has 1 aliphatic rings. The first-order chi connectivity index (χ1) is 11.6. The van der Waals surface area contributed by atoms with Gasteiger partial charge in [-0.05, 0) is 65.5 Å². The van der Waals surface area contributed by atoms with Gasteiger partial charge in [0.2, 0.25) is 5.91 Å². The molecule has 1 unspecified atom stereocenters. The molecule has 1 aliphatic heterocycles. The van der Waals surface area contributed by atoms with Crippen molar-refractivity contribution >= 4 is 27.5 Å². The third-order valence-corrected chi connectivity index (χ3v) is 6.03. The Morgan fingerprint density at radius 3 is 2.56 bits per heavy atom. The lowest BCUT2D eigenvalue weighted by atomic mass is 9.74. The third-order valence-electron chi connectivity index (χ3n) is 4.81. The van der Waals surface area contributed by atoms with Gasteiger partial charge in [0.15, 0.2) is 0 Å². The maximum Gasteiger partial charge on any atom is 0.220 e. The maximum atomic E-state index is 12.6. The number of thiazole rings is 1. The quantitative estimate of drug-likeness (QED) is 0.849. The molecule has 1 saturated heterocycles. The second-order valence-electron chi connectivity index (χ2n) is 8.68. The van der Waals surface area contributed by atoms with Crippen LogP contribution in [0.1, 0.15) is 64.9 Å². The average Bonchev–Trinajstić information content (AvgIpc) is 2.87. The minimum Gasteiger partial charge on any atom is -0.347 e. The molecule has 0 radical (unpaired) electrons. The number of fused-ring (bicyclic) bond motifs is 1. The number of hydrogen-bond acceptors (Lipinski definition) is 4. The van der Waals surface area contributed by atoms with Gasteiger partial charge in [-0.15, -0.1) is 11.3 Å². The van der Waals surface area contributed by atoms with Gasteiger partial charge in [-0.25, -0.2) is 4.98 Å². The zero-order chi connectivity index (χ0) is 18.2. The second-order valence-corrected chi connectivity index (χ2v) is 9.74. The van der Waals surface area contributed by atoms with Crippen LogP contribution >= 0.6 is 11.3 Å². The molecule has 3 rings (SSSR count). The highest BCUT2D eigenvalue weighted by molar-refractivity contribution is 7.18. The first kappa shape index (κ1) is 18.3. The van der Waals surface area contributed by atoms with E-state index >= 15 is 0 Å². The van der Waals surface area contributed by atoms with Crippen LogP contribution in [0.15, 0.2) is 24.3 Å². The molecule has 2 N–H and O–H groups in total. The molecule has 1 atom stereocenters. The Balaban J connectivity index is 1.62. The highest BCUT2D eigenvalue weighted by Gasteiger charge is 2.38. The van der Waals surface area contributed by atoms with E-state index in [4.69, 9.17) is 0 Å². The molecule has 5 heteroatoms. The van der Waals surface area contributed by atoms with Crippen molar-refractivity contribution in [3.63, 3.8) is 0 Å². The molecule has 25 heavy (non-hydrogen) atoms. The summed E-state index contributed by atoms with van der Waals surface area (Å²) < 4.78 is 1.17. The first-order valence-electron chi connectivity index (χ1n) is 9.08. The summed E-state index contributed by atoms with van der Waals surface area (Å²) in [5.41, 5.74) is 1.15. The summed E-state index contributed by atoms with van der Waals surface area (Å²) in [6.45, 7) is 10.9. The van der Waals surface area contributed by atoms with Crippen molar-refractivity contribution in [1.82, 2.24) is 15.6 Å². The van der Waals surface area contributed by atoms with Gasteiger partial charge in [0, 0.05) is 17.5 Å². The van der Waals surface area contributed by atoms with E-state index in [-0.39, 0.29) is 23.0 Å². The number of para-hydroxylation sites is 1. The van der Waals surface area contributed by atoms with Gasteiger partial charge in [-0.1, -0.05) is 12.1 Å². The third kappa shape index (κ3) is 4.59. The number of nitrogens with one attached hydrogen (secondary N) is 2. The molecule has 0 aliphatic carbocycles. The fourth-order valence-corrected chi connectivity index (χ4v) is 5.35. The summed E-state index contributed by atoms with van der Waals surface area (Å²) >= 11 is 1.66. The van der Waals surface area contributed by atoms with Crippen molar-refractivity contribution in [3.8, 4) is 0 Å². The Kier molecular flexibility index (Phi) is 4.91. The molecule has 1 aromatic carbocycles. The number of carbonyl (C=O) groups excluding carboxylic acids is 1. The maximum absolute atomic E-state index is 12.6. The van der Waals surface area contributed by atoms with Crippen LogP contribution in [0, 0.1) is 5.92 Å². The number of carbonyl (C=O) groups is 1. The molecule has 4 nitrogen and oxygen atoms in total. The Hall–Kier alpha value is -1.46. The van der Waals surface area contributed by atoms with Gasteiger partial charge in [0.1, 0.15) is 5.01 Å². The van der Waals surface area contributed by atoms with Crippen molar-refractivity contribution in [2.75, 3.05) is 0 Å². The second kappa shape index (κ2) is 6.69. The summed E-state index contributed by atoms with van der Waals surface area (Å²) in [5, 5.41) is 7.80. The van der Waals surface area contributed by atoms with E-state index in [0.717, 1.165) is 23.4 Å². The van der Waals surface area contributed by atoms with Crippen molar-refractivity contribution in [2.45, 2.75) is 71.0 Å². The van der Waals surface area contributed by atoms with E-state index in [2.05, 4.69) is 49.4 Å². The van der Waals surface area contributed by atoms with Gasteiger partial charge in [0.05, 0.1) is 16.3 Å². The van der Waals surface area contributed by atoms with E-state index in [1.165, 1.54) is 4.70 Å². The van der Waals surface area contributed by atoms with E-state index in [1.807, 2.05) is 25.1 Å². The number of rotatable bonds is 4. The van der Waals surface area contributed by atoms with Crippen molar-refractivity contribution in [2.24, 2.45) is 5.92 Å². The molecule has 2 aromatic rings. The summed E-state index contributed by atoms with van der Waals surface area (Å²) in [5.74, 6) is 0.541. The summed E-state index contributed by atoms with van der Waals surface area (Å²) in [4.78, 5) is 17.2. The fourth-order valence-electron chi connectivity index (χ4n) is 4.38. The Morgan fingerprint density at radius 2 is 1.92 bits per heavy atom. The minimum absolute atomic E-state index is 0.0485. The van der Waals surface area contributed by atoms with Crippen LogP contribution in [-0.4, -0.2) is 22.0 Å². The lowest BCUT2D eigenvalue weighted by Crippen LogP contribution is -2.58. The summed E-state index contributed by atoms with van der Waals surface area (Å²) in [7, 11) is 0. The van der Waals surface area contributed by atoms with E-state index in [0.29, 0.717) is 12.3 Å². The molecular formula is C20H29N3OS. The topological polar surface area (TPSA) is 54.0 Å². The Morgan fingerprint density at radius 1 is 1.28 bits per heavy atom. The van der Waals surface area contributed by atoms with E-state index in [1.54, 1.807) is 11.3 Å². The van der Waals surface area contributed by atoms with Gasteiger partial charge < -0.3 is 10.6 Å². The monoisotopic (exact) mass is 359 g/mol. The number of benzene rings is 1. The predicted molar refractivity (Wildman–Crippen MR) is 105 cm³/mol. The van der Waals surface area contributed by atoms with Crippen molar-refractivity contribution in [3.05, 3.63) is 29.3 Å². The Labute approximate surface area is 154 Å². The van der Waals surface area contributed by atoms with Gasteiger partial charge in [-0.3, -0.25) is 4.79 Å². The SMILES string of the molecule is CC(NC(=O)CC1CC(C)(C)NC(C)(C)C1)c1nc2ccccc2s1. The minimum atomic E-state index is -0.0485. The molecule has 2 heterocycles. The fraction of sp³-hybridized carbons (Fsp3) is 0.600. The van der Waals surface area contributed by atoms with Crippen LogP contribution in [0.25, 0.3) is 10.2 Å². The zero-order valence-corrected chi connectivity index (χ0v) is 16.7. The van der Waals surface area contributed by atoms with Crippen LogP contribution < -0.4 is 10.6 Å². The largest absolute Gasteiger partial charge is 0.347 e. The molecule has 136 valence electrons. The van der Waals surface area contributed by atoms with E-state index in [9.17, 15) is 4.79 Å². The molecule has 1 fully saturated rings. The molecule has 1 amide bonds. The van der Waals surface area contributed by atoms with E-state index < -0.39 is 0 Å². The zero-order valence-electron chi connectivity index (χ0n) is 15.8. The van der Waals surface area contributed by atoms with Crippen molar-refractivity contribution in [1.29, 1.82) is 0 Å².